The van der Waals surface area contributed by atoms with E-state index in [1.807, 2.05) is 48.6 Å². The van der Waals surface area contributed by atoms with E-state index in [0.717, 1.165) is 65.0 Å². The standard InChI is InChI=1S/C32H33ClN6O3/c1-18-14-24(15-19(2)29(18)33)39-30(38-11-9-34-32(38)41)28-20(3)37(10-6-26(28)36-39)31(40)27-17-23-16-22(4-5-25(23)35-27)21-7-12-42-13-8-21/h4-5,9,11,14-17,20-21,35H,6-8,10,12-13H2,1-3H3,(H,34,41)/t20-/m0/s1. The zero-order chi connectivity index (χ0) is 29.1. The summed E-state index contributed by atoms with van der Waals surface area (Å²) in [5, 5.41) is 6.72. The number of carbonyl (C=O) groups excluding carboxylic acids is 1. The molecule has 216 valence electrons. The van der Waals surface area contributed by atoms with Crippen LogP contribution in [-0.4, -0.2) is 54.9 Å². The van der Waals surface area contributed by atoms with E-state index in [0.29, 0.717) is 35.4 Å². The molecule has 0 radical (unpaired) electrons. The van der Waals surface area contributed by atoms with Crippen LogP contribution < -0.4 is 5.69 Å². The highest BCUT2D eigenvalue weighted by molar-refractivity contribution is 6.32. The summed E-state index contributed by atoms with van der Waals surface area (Å²) in [5.74, 6) is 1.04. The number of aromatic amines is 2. The number of benzene rings is 2. The van der Waals surface area contributed by atoms with Gasteiger partial charge in [-0.15, -0.1) is 0 Å². The van der Waals surface area contributed by atoms with Crippen molar-refractivity contribution in [2.24, 2.45) is 0 Å². The van der Waals surface area contributed by atoms with Crippen LogP contribution in [0.25, 0.3) is 22.4 Å². The molecule has 0 spiro atoms. The topological polar surface area (TPSA) is 101 Å². The van der Waals surface area contributed by atoms with Gasteiger partial charge in [0.05, 0.1) is 17.4 Å². The number of hydrogen-bond acceptors (Lipinski definition) is 4. The van der Waals surface area contributed by atoms with Crippen molar-refractivity contribution < 1.29 is 9.53 Å². The Morgan fingerprint density at radius 1 is 1.10 bits per heavy atom. The SMILES string of the molecule is Cc1cc(-n2nc3c(c2-n2cc[nH]c2=O)[C@H](C)N(C(=O)c2cc4cc(C5CCOCC5)ccc4[nH]2)CC3)cc(C)c1Cl. The molecule has 42 heavy (non-hydrogen) atoms. The lowest BCUT2D eigenvalue weighted by molar-refractivity contribution is 0.0672. The second-order valence-electron chi connectivity index (χ2n) is 11.5. The van der Waals surface area contributed by atoms with Crippen LogP contribution in [0.15, 0.2) is 53.6 Å². The predicted molar refractivity (Wildman–Crippen MR) is 162 cm³/mol. The van der Waals surface area contributed by atoms with Gasteiger partial charge in [-0.2, -0.15) is 5.10 Å². The fourth-order valence-corrected chi connectivity index (χ4v) is 6.69. The smallest absolute Gasteiger partial charge is 0.331 e. The lowest BCUT2D eigenvalue weighted by Crippen LogP contribution is -2.39. The van der Waals surface area contributed by atoms with Crippen LogP contribution >= 0.6 is 11.6 Å². The first kappa shape index (κ1) is 26.8. The Balaban J connectivity index is 1.27. The second kappa shape index (κ2) is 10.3. The van der Waals surface area contributed by atoms with Crippen molar-refractivity contribution >= 4 is 28.4 Å². The number of imidazole rings is 1. The van der Waals surface area contributed by atoms with Gasteiger partial charge in [0.2, 0.25) is 0 Å². The number of ether oxygens (including phenoxy) is 1. The van der Waals surface area contributed by atoms with Crippen LogP contribution in [0.2, 0.25) is 5.02 Å². The fraction of sp³-hybridized carbons (Fsp3) is 0.344. The summed E-state index contributed by atoms with van der Waals surface area (Å²) in [4.78, 5) is 34.9. The maximum absolute atomic E-state index is 14.0. The highest BCUT2D eigenvalue weighted by Gasteiger charge is 2.36. The van der Waals surface area contributed by atoms with Gasteiger partial charge < -0.3 is 19.6 Å². The van der Waals surface area contributed by atoms with Crippen molar-refractivity contribution in [3.63, 3.8) is 0 Å². The molecule has 2 aliphatic heterocycles. The summed E-state index contributed by atoms with van der Waals surface area (Å²) in [5.41, 5.74) is 6.92. The van der Waals surface area contributed by atoms with Gasteiger partial charge >= 0.3 is 5.69 Å². The number of hydrogen-bond donors (Lipinski definition) is 2. The second-order valence-corrected chi connectivity index (χ2v) is 11.8. The minimum Gasteiger partial charge on any atom is -0.381 e. The Morgan fingerprint density at radius 3 is 2.57 bits per heavy atom. The highest BCUT2D eigenvalue weighted by Crippen LogP contribution is 2.37. The van der Waals surface area contributed by atoms with Gasteiger partial charge in [0.15, 0.2) is 0 Å². The first-order chi connectivity index (χ1) is 20.3. The van der Waals surface area contributed by atoms with Gasteiger partial charge in [-0.3, -0.25) is 9.36 Å². The van der Waals surface area contributed by atoms with Gasteiger partial charge in [-0.05, 0) is 86.6 Å². The van der Waals surface area contributed by atoms with Crippen LogP contribution in [0.1, 0.15) is 70.2 Å². The molecule has 1 fully saturated rings. The molecule has 1 amide bonds. The largest absolute Gasteiger partial charge is 0.381 e. The van der Waals surface area contributed by atoms with Crippen LogP contribution in [0, 0.1) is 13.8 Å². The minimum atomic E-state index is -0.314. The molecule has 1 saturated heterocycles. The van der Waals surface area contributed by atoms with Gasteiger partial charge in [0, 0.05) is 60.1 Å². The molecule has 10 heteroatoms. The summed E-state index contributed by atoms with van der Waals surface area (Å²) in [6, 6.07) is 12.0. The minimum absolute atomic E-state index is 0.0738. The lowest BCUT2D eigenvalue weighted by atomic mass is 9.91. The lowest BCUT2D eigenvalue weighted by Gasteiger charge is -2.33. The molecule has 9 nitrogen and oxygen atoms in total. The fourth-order valence-electron chi connectivity index (χ4n) is 6.58. The molecule has 7 rings (SSSR count). The molecule has 5 heterocycles. The zero-order valence-corrected chi connectivity index (χ0v) is 24.7. The Hall–Kier alpha value is -4.08. The van der Waals surface area contributed by atoms with Crippen molar-refractivity contribution in [3.05, 3.63) is 97.9 Å². The van der Waals surface area contributed by atoms with E-state index in [9.17, 15) is 9.59 Å². The van der Waals surface area contributed by atoms with Crippen LogP contribution in [0.4, 0.5) is 0 Å². The Morgan fingerprint density at radius 2 is 1.86 bits per heavy atom. The number of amides is 1. The van der Waals surface area contributed by atoms with E-state index in [-0.39, 0.29) is 17.6 Å². The Bertz CT molecular complexity index is 1870. The molecular weight excluding hydrogens is 552 g/mol. The number of aromatic nitrogens is 5. The van der Waals surface area contributed by atoms with Crippen molar-refractivity contribution in [1.29, 1.82) is 0 Å². The van der Waals surface area contributed by atoms with E-state index in [2.05, 4.69) is 28.2 Å². The first-order valence-electron chi connectivity index (χ1n) is 14.5. The number of carbonyl (C=O) groups is 1. The van der Waals surface area contributed by atoms with E-state index >= 15 is 0 Å². The van der Waals surface area contributed by atoms with E-state index in [4.69, 9.17) is 21.4 Å². The quantitative estimate of drug-likeness (QED) is 0.281. The summed E-state index contributed by atoms with van der Waals surface area (Å²) in [6.07, 6.45) is 5.92. The third-order valence-electron chi connectivity index (χ3n) is 8.82. The monoisotopic (exact) mass is 584 g/mol. The Kier molecular flexibility index (Phi) is 6.59. The number of nitrogens with one attached hydrogen (secondary N) is 2. The van der Waals surface area contributed by atoms with Crippen molar-refractivity contribution in [2.45, 2.75) is 52.0 Å². The number of halogens is 1. The molecule has 0 unspecified atom stereocenters. The van der Waals surface area contributed by atoms with Gasteiger partial charge in [-0.1, -0.05) is 17.7 Å². The van der Waals surface area contributed by atoms with Crippen molar-refractivity contribution in [1.82, 2.24) is 29.2 Å². The number of fused-ring (bicyclic) bond motifs is 2. The predicted octanol–water partition coefficient (Wildman–Crippen LogP) is 5.76. The third-order valence-corrected chi connectivity index (χ3v) is 9.42. The molecular formula is C32H33ClN6O3. The molecule has 0 saturated carbocycles. The molecule has 2 N–H and O–H groups in total. The molecule has 5 aromatic rings. The highest BCUT2D eigenvalue weighted by atomic mass is 35.5. The number of H-pyrrole nitrogens is 2. The van der Waals surface area contributed by atoms with E-state index < -0.39 is 0 Å². The van der Waals surface area contributed by atoms with Crippen LogP contribution in [-0.2, 0) is 11.2 Å². The number of rotatable bonds is 4. The van der Waals surface area contributed by atoms with Crippen molar-refractivity contribution in [3.8, 4) is 11.5 Å². The number of aryl methyl sites for hydroxylation is 2. The molecule has 1 atom stereocenters. The maximum Gasteiger partial charge on any atom is 0.331 e. The maximum atomic E-state index is 14.0. The molecule has 3 aromatic heterocycles. The third kappa shape index (κ3) is 4.39. The average Bonchev–Trinajstić information content (AvgIpc) is 3.72. The summed E-state index contributed by atoms with van der Waals surface area (Å²) in [7, 11) is 0. The molecule has 2 aromatic carbocycles. The molecule has 0 bridgehead atoms. The zero-order valence-electron chi connectivity index (χ0n) is 23.9. The van der Waals surface area contributed by atoms with E-state index in [1.165, 1.54) is 5.56 Å². The van der Waals surface area contributed by atoms with Crippen LogP contribution in [0.5, 0.6) is 0 Å². The summed E-state index contributed by atoms with van der Waals surface area (Å²) < 4.78 is 8.91. The van der Waals surface area contributed by atoms with Crippen molar-refractivity contribution in [2.75, 3.05) is 19.8 Å². The van der Waals surface area contributed by atoms with Gasteiger partial charge in [0.25, 0.3) is 5.91 Å². The summed E-state index contributed by atoms with van der Waals surface area (Å²) >= 11 is 6.47. The Labute approximate surface area is 248 Å². The molecule has 0 aliphatic carbocycles. The van der Waals surface area contributed by atoms with E-state index in [1.54, 1.807) is 17.0 Å². The first-order valence-corrected chi connectivity index (χ1v) is 14.8. The number of nitrogens with zero attached hydrogens (tertiary/aromatic N) is 4. The van der Waals surface area contributed by atoms with Gasteiger partial charge in [0.1, 0.15) is 11.5 Å². The normalized spacial score (nSPS) is 17.6. The molecule has 2 aliphatic rings. The van der Waals surface area contributed by atoms with Gasteiger partial charge in [-0.25, -0.2) is 9.48 Å². The van der Waals surface area contributed by atoms with Crippen LogP contribution in [0.3, 0.4) is 0 Å². The summed E-state index contributed by atoms with van der Waals surface area (Å²) in [6.45, 7) is 8.03. The average molecular weight is 585 g/mol.